The van der Waals surface area contributed by atoms with Gasteiger partial charge in [0.25, 0.3) is 0 Å². The van der Waals surface area contributed by atoms with E-state index in [0.29, 0.717) is 17.0 Å². The molecule has 2 aliphatic heterocycles. The fourth-order valence-electron chi connectivity index (χ4n) is 4.87. The molecule has 32 heavy (non-hydrogen) atoms. The van der Waals surface area contributed by atoms with Crippen molar-refractivity contribution in [3.63, 3.8) is 0 Å². The minimum atomic E-state index is -0.925. The molecule has 1 aliphatic carbocycles. The van der Waals surface area contributed by atoms with Crippen LogP contribution >= 0.6 is 0 Å². The Balaban J connectivity index is 1.15. The van der Waals surface area contributed by atoms with Gasteiger partial charge in [-0.05, 0) is 37.1 Å². The summed E-state index contributed by atoms with van der Waals surface area (Å²) in [7, 11) is 0. The quantitative estimate of drug-likeness (QED) is 0.519. The van der Waals surface area contributed by atoms with Gasteiger partial charge in [-0.15, -0.1) is 5.10 Å². The molecule has 162 valence electrons. The van der Waals surface area contributed by atoms with E-state index in [0.717, 1.165) is 61.7 Å². The molecule has 5 heterocycles. The van der Waals surface area contributed by atoms with E-state index in [1.54, 1.807) is 23.4 Å². The van der Waals surface area contributed by atoms with Crippen molar-refractivity contribution in [2.45, 2.75) is 24.9 Å². The van der Waals surface area contributed by atoms with Gasteiger partial charge < -0.3 is 14.7 Å². The number of ether oxygens (including phenoxy) is 1. The number of aliphatic hydroxyl groups is 1. The molecule has 3 aromatic heterocycles. The molecule has 9 nitrogen and oxygen atoms in total. The van der Waals surface area contributed by atoms with Gasteiger partial charge >= 0.3 is 0 Å². The number of rotatable bonds is 5. The molecule has 0 bridgehead atoms. The van der Waals surface area contributed by atoms with Gasteiger partial charge in [0.05, 0.1) is 66.1 Å². The summed E-state index contributed by atoms with van der Waals surface area (Å²) in [5.41, 5.74) is 5.51. The largest absolute Gasteiger partial charge is 0.380 e. The molecule has 1 aromatic carbocycles. The Morgan fingerprint density at radius 3 is 2.56 bits per heavy atom. The maximum absolute atomic E-state index is 11.2. The Morgan fingerprint density at radius 1 is 1.06 bits per heavy atom. The molecule has 0 radical (unpaired) electrons. The predicted molar refractivity (Wildman–Crippen MR) is 116 cm³/mol. The van der Waals surface area contributed by atoms with Gasteiger partial charge in [-0.2, -0.15) is 0 Å². The summed E-state index contributed by atoms with van der Waals surface area (Å²) in [4.78, 5) is 11.2. The molecule has 1 saturated carbocycles. The molecule has 0 amide bonds. The first-order valence-electron chi connectivity index (χ1n) is 11.0. The number of aromatic nitrogens is 6. The smallest absolute Gasteiger partial charge is 0.142 e. The van der Waals surface area contributed by atoms with Crippen molar-refractivity contribution in [3.05, 3.63) is 66.3 Å². The number of nitrogens with zero attached hydrogens (tertiary/aromatic N) is 7. The third-order valence-electron chi connectivity index (χ3n) is 6.89. The number of aliphatic hydroxyl groups excluding tert-OH is 1. The fraction of sp³-hybridized carbons (Fsp3) is 0.391. The summed E-state index contributed by atoms with van der Waals surface area (Å²) in [6.07, 6.45) is 8.33. The number of fused-ring (bicyclic) bond motifs is 1. The highest BCUT2D eigenvalue weighted by Gasteiger charge is 2.49. The van der Waals surface area contributed by atoms with Gasteiger partial charge in [-0.25, -0.2) is 9.67 Å². The van der Waals surface area contributed by atoms with Crippen molar-refractivity contribution >= 4 is 11.2 Å². The van der Waals surface area contributed by atoms with Gasteiger partial charge in [0.2, 0.25) is 0 Å². The standard InChI is InChI=1S/C23H23N7O2/c31-22(21-20(15-1-2-15)25-8-18-7-24-14-29(18)21)19-9-30(27-26-19)17-5-3-16(4-6-17)28-10-23(11-28)12-32-13-23/h3-9,14-15,22,31H,1-2,10-13H2/t22-/m0/s1. The highest BCUT2D eigenvalue weighted by atomic mass is 16.5. The molecule has 7 rings (SSSR count). The van der Waals surface area contributed by atoms with Gasteiger partial charge in [-0.3, -0.25) is 9.38 Å². The number of benzene rings is 1. The van der Waals surface area contributed by atoms with Crippen LogP contribution in [0.25, 0.3) is 11.2 Å². The van der Waals surface area contributed by atoms with Crippen molar-refractivity contribution in [3.8, 4) is 5.69 Å². The Morgan fingerprint density at radius 2 is 1.84 bits per heavy atom. The maximum atomic E-state index is 11.2. The first kappa shape index (κ1) is 18.3. The zero-order valence-corrected chi connectivity index (χ0v) is 17.5. The summed E-state index contributed by atoms with van der Waals surface area (Å²) < 4.78 is 8.98. The number of hydrogen-bond donors (Lipinski definition) is 1. The van der Waals surface area contributed by atoms with Crippen molar-refractivity contribution in [1.29, 1.82) is 0 Å². The Bertz CT molecular complexity index is 1300. The zero-order chi connectivity index (χ0) is 21.3. The monoisotopic (exact) mass is 429 g/mol. The van der Waals surface area contributed by atoms with Crippen LogP contribution in [0, 0.1) is 5.41 Å². The van der Waals surface area contributed by atoms with Gasteiger partial charge in [0.15, 0.2) is 0 Å². The summed E-state index contributed by atoms with van der Waals surface area (Å²) >= 11 is 0. The van der Waals surface area contributed by atoms with E-state index in [2.05, 4.69) is 37.3 Å². The third-order valence-corrected chi connectivity index (χ3v) is 6.89. The average Bonchev–Trinajstić information content (AvgIpc) is 3.28. The second-order valence-corrected chi connectivity index (χ2v) is 9.35. The number of hydrogen-bond acceptors (Lipinski definition) is 7. The second-order valence-electron chi connectivity index (χ2n) is 9.35. The normalized spacial score (nSPS) is 20.3. The van der Waals surface area contributed by atoms with Crippen LogP contribution < -0.4 is 4.90 Å². The van der Waals surface area contributed by atoms with Crippen molar-refractivity contribution in [1.82, 2.24) is 29.4 Å². The fourth-order valence-corrected chi connectivity index (χ4v) is 4.87. The van der Waals surface area contributed by atoms with E-state index in [-0.39, 0.29) is 0 Å². The summed E-state index contributed by atoms with van der Waals surface area (Å²) in [5, 5.41) is 19.8. The lowest BCUT2D eigenvalue weighted by Crippen LogP contribution is -2.66. The van der Waals surface area contributed by atoms with E-state index in [9.17, 15) is 5.11 Å². The Labute approximate surface area is 184 Å². The lowest BCUT2D eigenvalue weighted by Gasteiger charge is -2.56. The molecule has 3 fully saturated rings. The van der Waals surface area contributed by atoms with Crippen LogP contribution in [0.2, 0.25) is 0 Å². The van der Waals surface area contributed by atoms with Crippen LogP contribution in [-0.4, -0.2) is 60.8 Å². The van der Waals surface area contributed by atoms with E-state index in [1.807, 2.05) is 22.7 Å². The van der Waals surface area contributed by atoms with Crippen LogP contribution in [-0.2, 0) is 4.74 Å². The molecule has 1 N–H and O–H groups in total. The SMILES string of the molecule is O[C@@H](c1cn(-c2ccc(N3CC4(COC4)C3)cc2)nn1)c1c(C2CC2)ncc2cncn12. The molecule has 0 unspecified atom stereocenters. The minimum absolute atomic E-state index is 0.390. The Hall–Kier alpha value is -3.30. The molecular weight excluding hydrogens is 406 g/mol. The van der Waals surface area contributed by atoms with E-state index in [4.69, 9.17) is 4.74 Å². The molecule has 4 aromatic rings. The third kappa shape index (κ3) is 2.78. The van der Waals surface area contributed by atoms with Crippen molar-refractivity contribution in [2.75, 3.05) is 31.2 Å². The molecule has 3 aliphatic rings. The molecule has 1 atom stereocenters. The molecule has 1 spiro atoms. The minimum Gasteiger partial charge on any atom is -0.380 e. The number of imidazole rings is 1. The zero-order valence-electron chi connectivity index (χ0n) is 17.5. The average molecular weight is 429 g/mol. The van der Waals surface area contributed by atoms with Crippen LogP contribution in [0.1, 0.15) is 41.9 Å². The summed E-state index contributed by atoms with van der Waals surface area (Å²) in [6.45, 7) is 3.89. The van der Waals surface area contributed by atoms with Crippen LogP contribution in [0.15, 0.2) is 49.2 Å². The van der Waals surface area contributed by atoms with Crippen molar-refractivity contribution in [2.24, 2.45) is 5.41 Å². The molecule has 9 heteroatoms. The summed E-state index contributed by atoms with van der Waals surface area (Å²) in [5.74, 6) is 0.390. The van der Waals surface area contributed by atoms with Crippen molar-refractivity contribution < 1.29 is 9.84 Å². The maximum Gasteiger partial charge on any atom is 0.142 e. The van der Waals surface area contributed by atoms with Crippen LogP contribution in [0.3, 0.4) is 0 Å². The first-order valence-corrected chi connectivity index (χ1v) is 11.0. The first-order chi connectivity index (χ1) is 15.7. The van der Waals surface area contributed by atoms with Gasteiger partial charge in [0.1, 0.15) is 11.8 Å². The number of anilines is 1. The lowest BCUT2D eigenvalue weighted by molar-refractivity contribution is -0.127. The van der Waals surface area contributed by atoms with Crippen LogP contribution in [0.5, 0.6) is 0 Å². The highest BCUT2D eigenvalue weighted by Crippen LogP contribution is 2.43. The second kappa shape index (κ2) is 6.60. The van der Waals surface area contributed by atoms with Gasteiger partial charge in [-0.1, -0.05) is 5.21 Å². The highest BCUT2D eigenvalue weighted by molar-refractivity contribution is 5.54. The van der Waals surface area contributed by atoms with E-state index < -0.39 is 6.10 Å². The topological polar surface area (TPSA) is 93.6 Å². The summed E-state index contributed by atoms with van der Waals surface area (Å²) in [6, 6.07) is 8.30. The molecular formula is C23H23N7O2. The predicted octanol–water partition coefficient (Wildman–Crippen LogP) is 2.11. The van der Waals surface area contributed by atoms with E-state index >= 15 is 0 Å². The lowest BCUT2D eigenvalue weighted by atomic mass is 9.78. The van der Waals surface area contributed by atoms with E-state index in [1.165, 1.54) is 5.69 Å². The van der Waals surface area contributed by atoms with Gasteiger partial charge in [0, 0.05) is 24.7 Å². The molecule has 2 saturated heterocycles. The van der Waals surface area contributed by atoms with Crippen LogP contribution in [0.4, 0.5) is 5.69 Å². The Kier molecular flexibility index (Phi) is 3.77.